The molecule has 16 atom stereocenters. The number of carbonyl (C=O) groups is 8. The zero-order chi connectivity index (χ0) is 90.3. The SMILES string of the molecule is C=C[C@@H]1CC1(CC(=O)[C@@H]1C[C@@H](Oc2cc(-c3coc(NC(C)C)n3)nc3c(Cl)c(OCCN4CCOCC4)ccc23)CN1C(=O)[C@@H](CC(=O)OC1C[C@@H]2C[C@@H]2C1)C(C)(C)C)C(=O)O.C=C[C@@H]1CC1(CC(=O)[C@@H]1C[C@@H](Oc2cc(-c3coc(NC(C)C)n3)nc3c(Cl)c(OCCN4CCOCC4)ccc23)CN1C(=O)[C@@H](CC(=O)OC1C[C@@H]2C[C@@H]2C1)C(C)(C)C)C(=O)OC. The minimum atomic E-state index is -1.28. The molecule has 8 heterocycles. The molecule has 6 aromatic rings. The van der Waals surface area contributed by atoms with E-state index in [9.17, 15) is 43.5 Å². The second kappa shape index (κ2) is 38.3. The Labute approximate surface area is 751 Å². The highest BCUT2D eigenvalue weighted by Gasteiger charge is 2.63. The molecule has 2 amide bonds. The Morgan fingerprint density at radius 3 is 1.30 bits per heavy atom. The number of carboxylic acid groups (broad SMARTS) is 1. The van der Waals surface area contributed by atoms with Gasteiger partial charge in [-0.2, -0.15) is 9.97 Å². The molecule has 3 N–H and O–H groups in total. The van der Waals surface area contributed by atoms with Crippen LogP contribution in [0, 0.1) is 69.0 Å². The summed E-state index contributed by atoms with van der Waals surface area (Å²) < 4.78 is 65.5. The molecule has 10 aliphatic rings. The van der Waals surface area contributed by atoms with Crippen LogP contribution in [0.1, 0.15) is 159 Å². The fraction of sp³-hybridized carbons (Fsp3) is 0.621. The highest BCUT2D eigenvalue weighted by Crippen LogP contribution is 2.59. The number of carbonyl (C=O) groups excluding carboxylic acids is 7. The monoisotopic (exact) mass is 1790 g/mol. The van der Waals surface area contributed by atoms with Gasteiger partial charge in [0.25, 0.3) is 12.0 Å². The fourth-order valence-electron chi connectivity index (χ4n) is 19.6. The maximum Gasteiger partial charge on any atom is 0.312 e. The highest BCUT2D eigenvalue weighted by molar-refractivity contribution is 6.37. The van der Waals surface area contributed by atoms with Gasteiger partial charge in [0.2, 0.25) is 11.8 Å². The number of esters is 3. The Hall–Kier alpha value is -9.46. The molecule has 30 nitrogen and oxygen atoms in total. The van der Waals surface area contributed by atoms with Crippen molar-refractivity contribution >= 4 is 104 Å². The molecule has 4 aromatic heterocycles. The highest BCUT2D eigenvalue weighted by atomic mass is 35.5. The third-order valence-electron chi connectivity index (χ3n) is 27.3. The predicted molar refractivity (Wildman–Crippen MR) is 474 cm³/mol. The molecule has 0 radical (unpaired) electrons. The number of rotatable bonds is 36. The quantitative estimate of drug-likeness (QED) is 0.0187. The third kappa shape index (κ3) is 21.2. The number of anilines is 2. The summed E-state index contributed by atoms with van der Waals surface area (Å²) in [5.74, 6) is -1.80. The lowest BCUT2D eigenvalue weighted by Gasteiger charge is -2.35. The maximum absolute atomic E-state index is 15.0. The van der Waals surface area contributed by atoms with Crippen LogP contribution in [-0.2, 0) is 62.0 Å². The van der Waals surface area contributed by atoms with Gasteiger partial charge in [-0.1, -0.05) is 76.9 Å². The molecule has 10 fully saturated rings. The van der Waals surface area contributed by atoms with Crippen LogP contribution < -0.4 is 29.6 Å². The molecular weight excluding hydrogens is 1670 g/mol. The normalized spacial score (nSPS) is 27.0. The minimum absolute atomic E-state index is 0.00977. The lowest BCUT2D eigenvalue weighted by molar-refractivity contribution is -0.157. The van der Waals surface area contributed by atoms with E-state index in [4.69, 9.17) is 84.6 Å². The number of pyridine rings is 2. The number of nitrogens with one attached hydrogen (secondary N) is 2. The van der Waals surface area contributed by atoms with Crippen LogP contribution >= 0.6 is 23.2 Å². The first-order valence-electron chi connectivity index (χ1n) is 45.1. The number of likely N-dealkylation sites (tertiary alicyclic amines) is 2. The van der Waals surface area contributed by atoms with E-state index in [-0.39, 0.29) is 121 Å². The predicted octanol–water partition coefficient (Wildman–Crippen LogP) is 14.2. The minimum Gasteiger partial charge on any atom is -0.491 e. The first-order chi connectivity index (χ1) is 60.6. The number of morpholine rings is 2. The topological polar surface area (TPSA) is 355 Å². The van der Waals surface area contributed by atoms with Gasteiger partial charge < -0.3 is 77.0 Å². The van der Waals surface area contributed by atoms with Crippen LogP contribution in [0.3, 0.4) is 0 Å². The first kappa shape index (κ1) is 92.3. The molecule has 127 heavy (non-hydrogen) atoms. The number of hydrogen-bond donors (Lipinski definition) is 3. The summed E-state index contributed by atoms with van der Waals surface area (Å²) in [7, 11) is 1.31. The number of hydrogen-bond acceptors (Lipinski definition) is 27. The largest absolute Gasteiger partial charge is 0.491 e. The Balaban J connectivity index is 0.000000196. The molecule has 0 bridgehead atoms. The summed E-state index contributed by atoms with van der Waals surface area (Å²) in [4.78, 5) is 138. The third-order valence-corrected chi connectivity index (χ3v) is 28.0. The van der Waals surface area contributed by atoms with E-state index >= 15 is 0 Å². The maximum atomic E-state index is 15.0. The molecule has 0 spiro atoms. The summed E-state index contributed by atoms with van der Waals surface area (Å²) in [5.41, 5.74) is -1.18. The van der Waals surface area contributed by atoms with E-state index in [0.717, 1.165) is 51.9 Å². The van der Waals surface area contributed by atoms with Crippen molar-refractivity contribution in [3.8, 4) is 45.8 Å². The molecule has 16 rings (SSSR count). The zero-order valence-corrected chi connectivity index (χ0v) is 76.3. The second-order valence-corrected chi connectivity index (χ2v) is 40.0. The second-order valence-electron chi connectivity index (χ2n) is 39.2. The fourth-order valence-corrected chi connectivity index (χ4v) is 20.1. The van der Waals surface area contributed by atoms with E-state index in [1.807, 2.05) is 81.4 Å². The van der Waals surface area contributed by atoms with Crippen molar-refractivity contribution in [2.24, 2.45) is 69.0 Å². The molecule has 686 valence electrons. The van der Waals surface area contributed by atoms with Gasteiger partial charge in [-0.05, 0) is 150 Å². The number of ketones is 2. The van der Waals surface area contributed by atoms with Gasteiger partial charge in [-0.3, -0.25) is 48.2 Å². The van der Waals surface area contributed by atoms with Crippen molar-refractivity contribution in [3.05, 3.63) is 84.3 Å². The van der Waals surface area contributed by atoms with Gasteiger partial charge in [0.05, 0.1) is 117 Å². The van der Waals surface area contributed by atoms with Crippen LogP contribution in [0.25, 0.3) is 44.6 Å². The summed E-state index contributed by atoms with van der Waals surface area (Å²) >= 11 is 14.2. The Kier molecular flexibility index (Phi) is 27.8. The number of aromatic nitrogens is 4. The molecule has 32 heteroatoms. The summed E-state index contributed by atoms with van der Waals surface area (Å²) in [6.07, 6.45) is 10.7. The smallest absolute Gasteiger partial charge is 0.312 e. The van der Waals surface area contributed by atoms with Crippen molar-refractivity contribution in [1.29, 1.82) is 0 Å². The lowest BCUT2D eigenvalue weighted by atomic mass is 9.77. The standard InChI is InChI=1S/C48H62ClN5O10.C47H60ClN5O10/c1-8-30-23-48(30,45(58)59-7)24-38(55)37-20-32(25-54(37)44(57)34(47(4,5)6)21-41(56)64-31-18-28-17-29(28)19-31)63-40-22-35(36-26-62-46(52-36)50-27(2)3)51-43-33(40)9-10-39(42(43)49)61-16-13-53-11-14-60-15-12-53;1-7-29-22-47(29,44(57)58)23-37(54)36-19-31(24-53(36)43(56)33(46(4,5)6)20-40(55)63-30-17-27-16-28(27)18-30)62-39-21-34(35-25-61-45(51-35)49-26(2)3)50-42-32(39)8-9-38(41(42)48)60-15-12-52-10-13-59-14-11-52/h8-10,22,26-32,34,37H,1,11-21,23-25H2,2-7H3,(H,50,52);7-9,21,25-31,33,36H,1,10-20,22-24H2,2-6H3,(H,49,51)(H,57,58)/t28-,29+,30-,31?,32-,34-,37+,48?;27-,28+,29-,30?,31-,33-,36+,47?/m11/s1. The number of methoxy groups -OCH3 is 1. The summed E-state index contributed by atoms with van der Waals surface area (Å²) in [6, 6.07) is 9.51. The van der Waals surface area contributed by atoms with Gasteiger partial charge in [0.1, 0.15) is 94.6 Å². The van der Waals surface area contributed by atoms with E-state index < -0.39 is 81.7 Å². The molecule has 4 unspecified atom stereocenters. The molecule has 4 saturated heterocycles. The number of carboxylic acids is 1. The van der Waals surface area contributed by atoms with Crippen molar-refractivity contribution in [1.82, 2.24) is 39.5 Å². The number of benzene rings is 2. The molecule has 2 aromatic carbocycles. The number of Topliss-reactive ketones (excluding diaryl/α,β-unsaturated/α-hetero) is 2. The van der Waals surface area contributed by atoms with E-state index in [1.165, 1.54) is 37.4 Å². The zero-order valence-electron chi connectivity index (χ0n) is 74.8. The van der Waals surface area contributed by atoms with Gasteiger partial charge in [-0.15, -0.1) is 13.2 Å². The molecule has 6 saturated carbocycles. The van der Waals surface area contributed by atoms with E-state index in [0.29, 0.717) is 169 Å². The van der Waals surface area contributed by atoms with E-state index in [2.05, 4.69) is 43.6 Å². The number of oxazole rings is 2. The molecule has 4 aliphatic heterocycles. The Bertz CT molecular complexity index is 5090. The van der Waals surface area contributed by atoms with Crippen molar-refractivity contribution in [3.63, 3.8) is 0 Å². The number of allylic oxidation sites excluding steroid dienone is 2. The Morgan fingerprint density at radius 2 is 0.937 bits per heavy atom. The van der Waals surface area contributed by atoms with Crippen LogP contribution in [0.2, 0.25) is 10.0 Å². The van der Waals surface area contributed by atoms with Gasteiger partial charge in [0, 0.05) is 99.9 Å². The summed E-state index contributed by atoms with van der Waals surface area (Å²) in [5, 5.41) is 18.3. The number of fused-ring (bicyclic) bond motifs is 4. The molecular formula is C95H122Cl2N10O20. The number of aliphatic carboxylic acids is 1. The summed E-state index contributed by atoms with van der Waals surface area (Å²) in [6.45, 7) is 35.3. The van der Waals surface area contributed by atoms with Gasteiger partial charge in [0.15, 0.2) is 11.6 Å². The van der Waals surface area contributed by atoms with Crippen molar-refractivity contribution in [2.75, 3.05) is 110 Å². The average molecular weight is 1790 g/mol. The van der Waals surface area contributed by atoms with Gasteiger partial charge >= 0.3 is 23.9 Å². The van der Waals surface area contributed by atoms with Gasteiger partial charge in [-0.25, -0.2) is 9.97 Å². The van der Waals surface area contributed by atoms with E-state index in [1.54, 1.807) is 41.3 Å². The van der Waals surface area contributed by atoms with Crippen molar-refractivity contribution < 1.29 is 94.9 Å². The lowest BCUT2D eigenvalue weighted by Crippen LogP contribution is -2.48. The number of ether oxygens (including phenoxy) is 9. The Morgan fingerprint density at radius 1 is 0.543 bits per heavy atom. The molecule has 6 aliphatic carbocycles. The van der Waals surface area contributed by atoms with Crippen LogP contribution in [0.4, 0.5) is 12.0 Å². The average Bonchev–Trinajstić information content (AvgIpc) is 1.58. The number of halogens is 2. The first-order valence-corrected chi connectivity index (χ1v) is 45.9. The number of nitrogens with zero attached hydrogens (tertiary/aromatic N) is 8. The number of amides is 2. The van der Waals surface area contributed by atoms with Crippen molar-refractivity contribution in [2.45, 2.75) is 208 Å². The van der Waals surface area contributed by atoms with Crippen LogP contribution in [-0.4, -0.2) is 240 Å². The van der Waals surface area contributed by atoms with Crippen LogP contribution in [0.5, 0.6) is 23.0 Å². The van der Waals surface area contributed by atoms with Crippen LogP contribution in [0.15, 0.2) is 83.1 Å².